The third kappa shape index (κ3) is 2.36. The fourth-order valence-corrected chi connectivity index (χ4v) is 7.64. The number of carbonyl (C=O) groups is 1. The molecule has 3 saturated carbocycles. The molecule has 0 unspecified atom stereocenters. The molecular formula is C23H34O2. The van der Waals surface area contributed by atoms with Crippen molar-refractivity contribution in [2.75, 3.05) is 0 Å². The van der Waals surface area contributed by atoms with Gasteiger partial charge >= 0.3 is 0 Å². The van der Waals surface area contributed by atoms with E-state index in [4.69, 9.17) is 0 Å². The normalized spacial score (nSPS) is 50.0. The summed E-state index contributed by atoms with van der Waals surface area (Å²) in [5.74, 6) is 2.64. The zero-order valence-electron chi connectivity index (χ0n) is 16.3. The van der Waals surface area contributed by atoms with Crippen LogP contribution in [0.2, 0.25) is 0 Å². The zero-order chi connectivity index (χ0) is 18.0. The topological polar surface area (TPSA) is 37.3 Å². The molecule has 0 aliphatic heterocycles. The van der Waals surface area contributed by atoms with E-state index in [2.05, 4.69) is 33.8 Å². The lowest BCUT2D eigenvalue weighted by molar-refractivity contribution is -0.131. The number of hydrogen-bond donors (Lipinski definition) is 1. The van der Waals surface area contributed by atoms with Crippen molar-refractivity contribution in [2.45, 2.75) is 78.7 Å². The van der Waals surface area contributed by atoms with Gasteiger partial charge in [-0.25, -0.2) is 0 Å². The van der Waals surface area contributed by atoms with Gasteiger partial charge in [0.05, 0.1) is 6.10 Å². The third-order valence-corrected chi connectivity index (χ3v) is 8.90. The van der Waals surface area contributed by atoms with Gasteiger partial charge in [-0.1, -0.05) is 31.1 Å². The van der Waals surface area contributed by atoms with Crippen molar-refractivity contribution >= 4 is 5.78 Å². The first-order chi connectivity index (χ1) is 11.8. The summed E-state index contributed by atoms with van der Waals surface area (Å²) in [4.78, 5) is 11.9. The van der Waals surface area contributed by atoms with E-state index in [1.54, 1.807) is 0 Å². The summed E-state index contributed by atoms with van der Waals surface area (Å²) >= 11 is 0. The summed E-state index contributed by atoms with van der Waals surface area (Å²) in [7, 11) is 0. The minimum atomic E-state index is -0.224. The second-order valence-corrected chi connectivity index (χ2v) is 9.83. The van der Waals surface area contributed by atoms with Crippen LogP contribution < -0.4 is 0 Å². The van der Waals surface area contributed by atoms with Crippen molar-refractivity contribution in [1.29, 1.82) is 0 Å². The van der Waals surface area contributed by atoms with Crippen LogP contribution in [0.25, 0.3) is 0 Å². The number of hydrogen-bond acceptors (Lipinski definition) is 2. The Morgan fingerprint density at radius 1 is 1.24 bits per heavy atom. The van der Waals surface area contributed by atoms with Crippen LogP contribution in [0.5, 0.6) is 0 Å². The lowest BCUT2D eigenvalue weighted by atomic mass is 9.45. The Bertz CT molecular complexity index is 644. The van der Waals surface area contributed by atoms with E-state index in [9.17, 15) is 9.90 Å². The molecule has 0 spiro atoms. The second-order valence-electron chi connectivity index (χ2n) is 9.83. The minimum absolute atomic E-state index is 0.0469. The highest BCUT2D eigenvalue weighted by atomic mass is 16.3. The molecule has 3 fully saturated rings. The molecule has 0 saturated heterocycles. The highest BCUT2D eigenvalue weighted by Gasteiger charge is 2.61. The van der Waals surface area contributed by atoms with Crippen LogP contribution in [0.1, 0.15) is 72.6 Å². The Kier molecular flexibility index (Phi) is 4.07. The van der Waals surface area contributed by atoms with Gasteiger partial charge < -0.3 is 5.11 Å². The lowest BCUT2D eigenvalue weighted by Crippen LogP contribution is -2.56. The molecular weight excluding hydrogens is 308 g/mol. The molecule has 0 aromatic heterocycles. The quantitative estimate of drug-likeness (QED) is 0.675. The predicted octanol–water partition coefficient (Wildman–Crippen LogP) is 5.07. The molecule has 7 atom stereocenters. The van der Waals surface area contributed by atoms with Gasteiger partial charge in [0, 0.05) is 6.42 Å². The van der Waals surface area contributed by atoms with Gasteiger partial charge in [0.15, 0.2) is 5.78 Å². The molecule has 2 nitrogen and oxygen atoms in total. The number of aliphatic hydroxyl groups is 1. The van der Waals surface area contributed by atoms with E-state index in [1.807, 2.05) is 6.08 Å². The summed E-state index contributed by atoms with van der Waals surface area (Å²) in [5, 5.41) is 11.3. The molecule has 0 heterocycles. The van der Waals surface area contributed by atoms with Crippen LogP contribution >= 0.6 is 0 Å². The molecule has 4 rings (SSSR count). The average Bonchev–Trinajstić information content (AvgIpc) is 2.91. The number of allylic oxidation sites excluding steroid dienone is 3. The maximum absolute atomic E-state index is 11.9. The van der Waals surface area contributed by atoms with Crippen molar-refractivity contribution in [1.82, 2.24) is 0 Å². The van der Waals surface area contributed by atoms with Gasteiger partial charge in [-0.2, -0.15) is 0 Å². The Morgan fingerprint density at radius 2 is 2.00 bits per heavy atom. The molecule has 1 N–H and O–H groups in total. The van der Waals surface area contributed by atoms with Crippen molar-refractivity contribution < 1.29 is 9.90 Å². The van der Waals surface area contributed by atoms with E-state index in [0.29, 0.717) is 30.0 Å². The van der Waals surface area contributed by atoms with E-state index in [1.165, 1.54) is 24.0 Å². The Balaban J connectivity index is 1.71. The van der Waals surface area contributed by atoms with Gasteiger partial charge in [-0.05, 0) is 93.0 Å². The van der Waals surface area contributed by atoms with Gasteiger partial charge in [0.25, 0.3) is 0 Å². The fourth-order valence-electron chi connectivity index (χ4n) is 7.64. The van der Waals surface area contributed by atoms with Crippen LogP contribution in [-0.2, 0) is 4.79 Å². The molecule has 0 aromatic rings. The SMILES string of the molecule is C/C=C(\C)[C@H]1CC[C@H]2[C@@H]3CCC4=CC(=O)CC[C@]4(C)[C@H]3[C@@H](O)C[C@]12C. The Morgan fingerprint density at radius 3 is 2.72 bits per heavy atom. The number of fused-ring (bicyclic) bond motifs is 5. The Hall–Kier alpha value is -0.890. The van der Waals surface area contributed by atoms with Crippen LogP contribution in [0.3, 0.4) is 0 Å². The van der Waals surface area contributed by atoms with E-state index >= 15 is 0 Å². The first-order valence-corrected chi connectivity index (χ1v) is 10.4. The summed E-state index contributed by atoms with van der Waals surface area (Å²) in [6, 6.07) is 0. The molecule has 25 heavy (non-hydrogen) atoms. The van der Waals surface area contributed by atoms with Crippen molar-refractivity contribution in [3.8, 4) is 0 Å². The van der Waals surface area contributed by atoms with E-state index in [-0.39, 0.29) is 16.9 Å². The molecule has 0 amide bonds. The van der Waals surface area contributed by atoms with Crippen LogP contribution in [0, 0.1) is 34.5 Å². The third-order valence-electron chi connectivity index (χ3n) is 8.90. The zero-order valence-corrected chi connectivity index (χ0v) is 16.3. The van der Waals surface area contributed by atoms with Gasteiger partial charge in [0.2, 0.25) is 0 Å². The highest BCUT2D eigenvalue weighted by molar-refractivity contribution is 5.91. The minimum Gasteiger partial charge on any atom is -0.393 e. The summed E-state index contributed by atoms with van der Waals surface area (Å²) in [6.45, 7) is 9.25. The molecule has 4 aliphatic rings. The van der Waals surface area contributed by atoms with Crippen molar-refractivity contribution in [2.24, 2.45) is 34.5 Å². The standard InChI is InChI=1S/C23H34O2/c1-5-14(2)18-8-9-19-17-7-6-15-12-16(24)10-11-22(15,3)21(17)20(25)13-23(18,19)4/h5,12,17-21,25H,6-11,13H2,1-4H3/b14-5+/t17-,18+,19-,20-,21+,22-,23+/m0/s1. The monoisotopic (exact) mass is 342 g/mol. The first-order valence-electron chi connectivity index (χ1n) is 10.4. The largest absolute Gasteiger partial charge is 0.393 e. The smallest absolute Gasteiger partial charge is 0.155 e. The number of ketones is 1. The molecule has 138 valence electrons. The maximum Gasteiger partial charge on any atom is 0.155 e. The first kappa shape index (κ1) is 17.5. The maximum atomic E-state index is 11.9. The summed E-state index contributed by atoms with van der Waals surface area (Å²) in [5.41, 5.74) is 3.15. The average molecular weight is 343 g/mol. The Labute approximate surface area is 152 Å². The number of aliphatic hydroxyl groups excluding tert-OH is 1. The van der Waals surface area contributed by atoms with Gasteiger partial charge in [-0.15, -0.1) is 0 Å². The molecule has 0 aromatic carbocycles. The van der Waals surface area contributed by atoms with Gasteiger partial charge in [-0.3, -0.25) is 4.79 Å². The molecule has 4 aliphatic carbocycles. The van der Waals surface area contributed by atoms with Gasteiger partial charge in [0.1, 0.15) is 0 Å². The fraction of sp³-hybridized carbons (Fsp3) is 0.783. The predicted molar refractivity (Wildman–Crippen MR) is 101 cm³/mol. The van der Waals surface area contributed by atoms with Crippen molar-refractivity contribution in [3.63, 3.8) is 0 Å². The van der Waals surface area contributed by atoms with Crippen LogP contribution in [0.4, 0.5) is 0 Å². The molecule has 2 heteroatoms. The highest BCUT2D eigenvalue weighted by Crippen LogP contribution is 2.67. The van der Waals surface area contributed by atoms with Crippen molar-refractivity contribution in [3.05, 3.63) is 23.3 Å². The molecule has 0 bridgehead atoms. The van der Waals surface area contributed by atoms with E-state index < -0.39 is 0 Å². The second kappa shape index (κ2) is 5.81. The lowest BCUT2D eigenvalue weighted by Gasteiger charge is -2.60. The van der Waals surface area contributed by atoms with E-state index in [0.717, 1.165) is 31.6 Å². The van der Waals surface area contributed by atoms with Crippen LogP contribution in [0.15, 0.2) is 23.3 Å². The van der Waals surface area contributed by atoms with Crippen LogP contribution in [-0.4, -0.2) is 17.0 Å². The number of rotatable bonds is 1. The summed E-state index contributed by atoms with van der Waals surface area (Å²) < 4.78 is 0. The number of carbonyl (C=O) groups excluding carboxylic acids is 1. The summed E-state index contributed by atoms with van der Waals surface area (Å²) in [6.07, 6.45) is 11.4. The molecule has 0 radical (unpaired) electrons.